The Morgan fingerprint density at radius 3 is 2.25 bits per heavy atom. The number of nitrogens with two attached hydrogens (primary N) is 1. The zero-order valence-corrected chi connectivity index (χ0v) is 10.2. The summed E-state index contributed by atoms with van der Waals surface area (Å²) in [4.78, 5) is 0. The van der Waals surface area contributed by atoms with Crippen LogP contribution in [0.25, 0.3) is 11.1 Å². The van der Waals surface area contributed by atoms with Crippen molar-refractivity contribution >= 4 is 17.4 Å². The Kier molecular flexibility index (Phi) is 2.92. The first-order valence-corrected chi connectivity index (χ1v) is 5.69. The molecule has 0 bridgehead atoms. The standard InChI is InChI=1S/C13H15ClN2/c1-9(2)16-8-11(7-13(16)15)10-3-5-12(14)6-4-10/h3-9H,15H2,1-2H3. The van der Waals surface area contributed by atoms with Crippen molar-refractivity contribution in [3.63, 3.8) is 0 Å². The predicted octanol–water partition coefficient (Wildman–Crippen LogP) is 3.97. The van der Waals surface area contributed by atoms with Crippen LogP contribution >= 0.6 is 11.6 Å². The Labute approximate surface area is 101 Å². The van der Waals surface area contributed by atoms with Gasteiger partial charge in [-0.3, -0.25) is 0 Å². The van der Waals surface area contributed by atoms with Crippen LogP contribution in [0.4, 0.5) is 5.82 Å². The fourth-order valence-corrected chi connectivity index (χ4v) is 1.87. The minimum atomic E-state index is 0.376. The minimum Gasteiger partial charge on any atom is -0.385 e. The summed E-state index contributed by atoms with van der Waals surface area (Å²) in [6, 6.07) is 10.1. The summed E-state index contributed by atoms with van der Waals surface area (Å²) in [6.45, 7) is 4.23. The van der Waals surface area contributed by atoms with Gasteiger partial charge in [0.05, 0.1) is 0 Å². The largest absolute Gasteiger partial charge is 0.385 e. The number of nitrogen functional groups attached to an aromatic ring is 1. The molecule has 0 radical (unpaired) electrons. The quantitative estimate of drug-likeness (QED) is 0.838. The molecule has 1 heterocycles. The first-order chi connectivity index (χ1) is 7.58. The molecule has 2 rings (SSSR count). The maximum atomic E-state index is 5.95. The van der Waals surface area contributed by atoms with Crippen molar-refractivity contribution in [2.75, 3.05) is 5.73 Å². The summed E-state index contributed by atoms with van der Waals surface area (Å²) < 4.78 is 2.06. The lowest BCUT2D eigenvalue weighted by Gasteiger charge is -2.08. The zero-order valence-electron chi connectivity index (χ0n) is 9.44. The summed E-state index contributed by atoms with van der Waals surface area (Å²) in [5.74, 6) is 0.792. The number of hydrogen-bond acceptors (Lipinski definition) is 1. The molecule has 0 aliphatic rings. The fraction of sp³-hybridized carbons (Fsp3) is 0.231. The Hall–Kier alpha value is -1.41. The van der Waals surface area contributed by atoms with Crippen LogP contribution in [-0.4, -0.2) is 4.57 Å². The van der Waals surface area contributed by atoms with E-state index in [2.05, 4.69) is 24.6 Å². The third-order valence-corrected chi connectivity index (χ3v) is 2.87. The van der Waals surface area contributed by atoms with E-state index in [0.29, 0.717) is 6.04 Å². The van der Waals surface area contributed by atoms with Gasteiger partial charge in [0.15, 0.2) is 0 Å². The maximum absolute atomic E-state index is 5.95. The predicted molar refractivity (Wildman–Crippen MR) is 69.7 cm³/mol. The van der Waals surface area contributed by atoms with E-state index in [1.54, 1.807) is 0 Å². The third-order valence-electron chi connectivity index (χ3n) is 2.61. The third kappa shape index (κ3) is 2.07. The Morgan fingerprint density at radius 1 is 1.12 bits per heavy atom. The second-order valence-corrected chi connectivity index (χ2v) is 4.60. The number of anilines is 1. The molecule has 0 aliphatic heterocycles. The molecule has 0 aliphatic carbocycles. The Balaban J connectivity index is 2.41. The van der Waals surface area contributed by atoms with Crippen molar-refractivity contribution in [3.8, 4) is 11.1 Å². The summed E-state index contributed by atoms with van der Waals surface area (Å²) in [7, 11) is 0. The highest BCUT2D eigenvalue weighted by Gasteiger charge is 2.07. The van der Waals surface area contributed by atoms with E-state index in [1.165, 1.54) is 0 Å². The molecule has 0 amide bonds. The SMILES string of the molecule is CC(C)n1cc(-c2ccc(Cl)cc2)cc1N. The number of halogens is 1. The molecule has 0 atom stereocenters. The number of rotatable bonds is 2. The van der Waals surface area contributed by atoms with Crippen molar-refractivity contribution in [3.05, 3.63) is 41.6 Å². The van der Waals surface area contributed by atoms with E-state index < -0.39 is 0 Å². The van der Waals surface area contributed by atoms with Gasteiger partial charge in [-0.1, -0.05) is 23.7 Å². The lowest BCUT2D eigenvalue weighted by molar-refractivity contribution is 0.612. The molecule has 2 nitrogen and oxygen atoms in total. The summed E-state index contributed by atoms with van der Waals surface area (Å²) >= 11 is 5.86. The van der Waals surface area contributed by atoms with Crippen LogP contribution in [-0.2, 0) is 0 Å². The van der Waals surface area contributed by atoms with Gasteiger partial charge in [0.1, 0.15) is 5.82 Å². The molecule has 84 valence electrons. The smallest absolute Gasteiger partial charge is 0.104 e. The fourth-order valence-electron chi connectivity index (χ4n) is 1.74. The molecule has 0 unspecified atom stereocenters. The maximum Gasteiger partial charge on any atom is 0.104 e. The molecule has 2 aromatic rings. The average Bonchev–Trinajstić information content (AvgIpc) is 2.61. The minimum absolute atomic E-state index is 0.376. The molecular formula is C13H15ClN2. The van der Waals surface area contributed by atoms with E-state index >= 15 is 0 Å². The van der Waals surface area contributed by atoms with Gasteiger partial charge in [-0.2, -0.15) is 0 Å². The second-order valence-electron chi connectivity index (χ2n) is 4.16. The average molecular weight is 235 g/mol. The Morgan fingerprint density at radius 2 is 1.75 bits per heavy atom. The van der Waals surface area contributed by atoms with Gasteiger partial charge in [-0.05, 0) is 37.6 Å². The van der Waals surface area contributed by atoms with Gasteiger partial charge < -0.3 is 10.3 Å². The molecule has 16 heavy (non-hydrogen) atoms. The van der Waals surface area contributed by atoms with Crippen LogP contribution in [0, 0.1) is 0 Å². The van der Waals surface area contributed by atoms with E-state index in [1.807, 2.05) is 30.3 Å². The number of benzene rings is 1. The van der Waals surface area contributed by atoms with E-state index in [0.717, 1.165) is 22.0 Å². The van der Waals surface area contributed by atoms with Crippen molar-refractivity contribution in [1.29, 1.82) is 0 Å². The summed E-state index contributed by atoms with van der Waals surface area (Å²) in [5.41, 5.74) is 8.21. The normalized spacial score (nSPS) is 11.0. The first kappa shape index (κ1) is 11.1. The molecule has 0 spiro atoms. The van der Waals surface area contributed by atoms with E-state index in [9.17, 15) is 0 Å². The molecule has 0 saturated carbocycles. The molecule has 1 aromatic carbocycles. The van der Waals surface area contributed by atoms with Gasteiger partial charge in [0.2, 0.25) is 0 Å². The molecule has 0 saturated heterocycles. The number of hydrogen-bond donors (Lipinski definition) is 1. The number of nitrogens with zero attached hydrogens (tertiary/aromatic N) is 1. The van der Waals surface area contributed by atoms with Gasteiger partial charge >= 0.3 is 0 Å². The molecule has 0 fully saturated rings. The van der Waals surface area contributed by atoms with E-state index in [-0.39, 0.29) is 0 Å². The molecule has 1 aromatic heterocycles. The van der Waals surface area contributed by atoms with Crippen LogP contribution in [0.15, 0.2) is 36.5 Å². The number of aromatic nitrogens is 1. The summed E-state index contributed by atoms with van der Waals surface area (Å²) in [5, 5.41) is 0.750. The van der Waals surface area contributed by atoms with Crippen molar-refractivity contribution < 1.29 is 0 Å². The van der Waals surface area contributed by atoms with E-state index in [4.69, 9.17) is 17.3 Å². The van der Waals surface area contributed by atoms with Crippen LogP contribution in [0.3, 0.4) is 0 Å². The highest BCUT2D eigenvalue weighted by molar-refractivity contribution is 6.30. The van der Waals surface area contributed by atoms with Gasteiger partial charge in [0.25, 0.3) is 0 Å². The topological polar surface area (TPSA) is 30.9 Å². The second kappa shape index (κ2) is 4.22. The van der Waals surface area contributed by atoms with Gasteiger partial charge in [-0.15, -0.1) is 0 Å². The lowest BCUT2D eigenvalue weighted by atomic mass is 10.1. The molecule has 3 heteroatoms. The Bertz CT molecular complexity index is 483. The highest BCUT2D eigenvalue weighted by Crippen LogP contribution is 2.26. The molecule has 2 N–H and O–H groups in total. The van der Waals surface area contributed by atoms with Crippen LogP contribution in [0.1, 0.15) is 19.9 Å². The lowest BCUT2D eigenvalue weighted by Crippen LogP contribution is -2.02. The van der Waals surface area contributed by atoms with Crippen LogP contribution in [0.5, 0.6) is 0 Å². The van der Waals surface area contributed by atoms with Crippen LogP contribution < -0.4 is 5.73 Å². The van der Waals surface area contributed by atoms with Crippen molar-refractivity contribution in [2.24, 2.45) is 0 Å². The zero-order chi connectivity index (χ0) is 11.7. The van der Waals surface area contributed by atoms with Crippen molar-refractivity contribution in [1.82, 2.24) is 4.57 Å². The highest BCUT2D eigenvalue weighted by atomic mass is 35.5. The van der Waals surface area contributed by atoms with Crippen molar-refractivity contribution in [2.45, 2.75) is 19.9 Å². The summed E-state index contributed by atoms with van der Waals surface area (Å²) in [6.07, 6.45) is 2.07. The first-order valence-electron chi connectivity index (χ1n) is 5.31. The van der Waals surface area contributed by atoms with Crippen LogP contribution in [0.2, 0.25) is 5.02 Å². The van der Waals surface area contributed by atoms with Gasteiger partial charge in [0, 0.05) is 22.8 Å². The van der Waals surface area contributed by atoms with Gasteiger partial charge in [-0.25, -0.2) is 0 Å². The monoisotopic (exact) mass is 234 g/mol. The molecular weight excluding hydrogens is 220 g/mol.